The largest absolute Gasteiger partial charge is 0.497 e. The van der Waals surface area contributed by atoms with Gasteiger partial charge in [-0.1, -0.05) is 12.1 Å². The highest BCUT2D eigenvalue weighted by atomic mass is 16.5. The molecule has 4 heteroatoms. The molecule has 2 rings (SSSR count). The number of carbonyl (C=O) groups is 1. The van der Waals surface area contributed by atoms with Crippen molar-refractivity contribution < 1.29 is 14.6 Å². The zero-order valence-corrected chi connectivity index (χ0v) is 9.85. The molecule has 17 heavy (non-hydrogen) atoms. The molecule has 0 bridgehead atoms. The molecule has 0 aliphatic heterocycles. The lowest BCUT2D eigenvalue weighted by atomic mass is 9.89. The van der Waals surface area contributed by atoms with Crippen molar-refractivity contribution in [3.8, 4) is 5.75 Å². The molecule has 1 aliphatic rings. The third kappa shape index (κ3) is 3.20. The third-order valence-corrected chi connectivity index (χ3v) is 2.98. The number of amides is 1. The Balaban J connectivity index is 1.85. The van der Waals surface area contributed by atoms with E-state index >= 15 is 0 Å². The van der Waals surface area contributed by atoms with Crippen LogP contribution in [0.2, 0.25) is 0 Å². The second-order valence-electron chi connectivity index (χ2n) is 4.42. The zero-order valence-electron chi connectivity index (χ0n) is 9.85. The summed E-state index contributed by atoms with van der Waals surface area (Å²) in [5, 5.41) is 12.0. The summed E-state index contributed by atoms with van der Waals surface area (Å²) in [6, 6.07) is 7.62. The number of ether oxygens (including phenoxy) is 1. The lowest BCUT2D eigenvalue weighted by molar-refractivity contribution is -0.122. The third-order valence-electron chi connectivity index (χ3n) is 2.98. The monoisotopic (exact) mass is 235 g/mol. The van der Waals surface area contributed by atoms with Gasteiger partial charge in [0.1, 0.15) is 5.75 Å². The van der Waals surface area contributed by atoms with Crippen LogP contribution in [0.3, 0.4) is 0 Å². The van der Waals surface area contributed by atoms with Gasteiger partial charge in [-0.25, -0.2) is 0 Å². The van der Waals surface area contributed by atoms with Crippen LogP contribution in [0.4, 0.5) is 0 Å². The molecule has 0 atom stereocenters. The van der Waals surface area contributed by atoms with Crippen molar-refractivity contribution >= 4 is 5.91 Å². The second kappa shape index (κ2) is 5.19. The maximum atomic E-state index is 11.7. The van der Waals surface area contributed by atoms with Crippen molar-refractivity contribution in [1.82, 2.24) is 5.32 Å². The number of carbonyl (C=O) groups excluding carboxylic acids is 1. The van der Waals surface area contributed by atoms with Gasteiger partial charge in [0.25, 0.3) is 0 Å². The van der Waals surface area contributed by atoms with Gasteiger partial charge >= 0.3 is 0 Å². The first-order valence-corrected chi connectivity index (χ1v) is 5.77. The fourth-order valence-electron chi connectivity index (χ4n) is 1.95. The Morgan fingerprint density at radius 2 is 2.29 bits per heavy atom. The van der Waals surface area contributed by atoms with Gasteiger partial charge in [-0.2, -0.15) is 0 Å². The fraction of sp³-hybridized carbons (Fsp3) is 0.462. The predicted octanol–water partition coefficient (Wildman–Crippen LogP) is 0.877. The minimum Gasteiger partial charge on any atom is -0.497 e. The first kappa shape index (κ1) is 11.9. The Kier molecular flexibility index (Phi) is 3.64. The highest BCUT2D eigenvalue weighted by molar-refractivity contribution is 5.79. The van der Waals surface area contributed by atoms with Gasteiger partial charge in [0.15, 0.2) is 0 Å². The SMILES string of the molecule is COc1cccc(CC(=O)NC2CC(O)C2)c1. The molecule has 92 valence electrons. The summed E-state index contributed by atoms with van der Waals surface area (Å²) in [6.45, 7) is 0. The van der Waals surface area contributed by atoms with Gasteiger partial charge in [-0.05, 0) is 30.5 Å². The van der Waals surface area contributed by atoms with Gasteiger partial charge in [-0.15, -0.1) is 0 Å². The van der Waals surface area contributed by atoms with Crippen molar-refractivity contribution in [3.05, 3.63) is 29.8 Å². The second-order valence-corrected chi connectivity index (χ2v) is 4.42. The van der Waals surface area contributed by atoms with E-state index in [9.17, 15) is 4.79 Å². The average molecular weight is 235 g/mol. The Morgan fingerprint density at radius 3 is 2.94 bits per heavy atom. The average Bonchev–Trinajstić information content (AvgIpc) is 2.27. The molecule has 4 nitrogen and oxygen atoms in total. The topological polar surface area (TPSA) is 58.6 Å². The van der Waals surface area contributed by atoms with Crippen molar-refractivity contribution in [2.45, 2.75) is 31.4 Å². The molecule has 2 N–H and O–H groups in total. The molecule has 0 aromatic heterocycles. The van der Waals surface area contributed by atoms with E-state index in [4.69, 9.17) is 9.84 Å². The standard InChI is InChI=1S/C13H17NO3/c1-17-12-4-2-3-9(5-12)6-13(16)14-10-7-11(15)8-10/h2-5,10-11,15H,6-8H2,1H3,(H,14,16). The summed E-state index contributed by atoms with van der Waals surface area (Å²) >= 11 is 0. The summed E-state index contributed by atoms with van der Waals surface area (Å²) in [5.74, 6) is 0.754. The smallest absolute Gasteiger partial charge is 0.224 e. The molecular formula is C13H17NO3. The summed E-state index contributed by atoms with van der Waals surface area (Å²) in [4.78, 5) is 11.7. The van der Waals surface area contributed by atoms with Crippen LogP contribution in [0, 0.1) is 0 Å². The maximum absolute atomic E-state index is 11.7. The summed E-state index contributed by atoms with van der Waals surface area (Å²) in [7, 11) is 1.61. The van der Waals surface area contributed by atoms with Crippen LogP contribution < -0.4 is 10.1 Å². The number of hydrogen-bond acceptors (Lipinski definition) is 3. The lowest BCUT2D eigenvalue weighted by Gasteiger charge is -2.31. The first-order valence-electron chi connectivity index (χ1n) is 5.77. The normalized spacial score (nSPS) is 22.7. The molecule has 0 radical (unpaired) electrons. The molecule has 1 aromatic carbocycles. The minimum absolute atomic E-state index is 0.00449. The molecule has 1 aromatic rings. The van der Waals surface area contributed by atoms with Crippen molar-refractivity contribution in [2.24, 2.45) is 0 Å². The number of aliphatic hydroxyl groups excluding tert-OH is 1. The quantitative estimate of drug-likeness (QED) is 0.814. The molecule has 1 amide bonds. The molecule has 1 saturated carbocycles. The molecule has 1 fully saturated rings. The van der Waals surface area contributed by atoms with E-state index < -0.39 is 0 Å². The van der Waals surface area contributed by atoms with Crippen LogP contribution in [-0.4, -0.2) is 30.3 Å². The molecule has 0 heterocycles. The minimum atomic E-state index is -0.239. The van der Waals surface area contributed by atoms with Crippen molar-refractivity contribution in [2.75, 3.05) is 7.11 Å². The Bertz CT molecular complexity index is 399. The number of rotatable bonds is 4. The number of hydrogen-bond donors (Lipinski definition) is 2. The fourth-order valence-corrected chi connectivity index (χ4v) is 1.95. The highest BCUT2D eigenvalue weighted by Gasteiger charge is 2.28. The molecule has 1 aliphatic carbocycles. The molecular weight excluding hydrogens is 218 g/mol. The van der Waals surface area contributed by atoms with Crippen molar-refractivity contribution in [3.63, 3.8) is 0 Å². The zero-order chi connectivity index (χ0) is 12.3. The van der Waals surface area contributed by atoms with Crippen LogP contribution in [-0.2, 0) is 11.2 Å². The van der Waals surface area contributed by atoms with Gasteiger partial charge < -0.3 is 15.2 Å². The van der Waals surface area contributed by atoms with E-state index in [-0.39, 0.29) is 18.1 Å². The summed E-state index contributed by atoms with van der Waals surface area (Å²) < 4.78 is 5.10. The highest BCUT2D eigenvalue weighted by Crippen LogP contribution is 2.19. The Labute approximate surface area is 101 Å². The van der Waals surface area contributed by atoms with Gasteiger partial charge in [0, 0.05) is 6.04 Å². The Morgan fingerprint density at radius 1 is 1.53 bits per heavy atom. The summed E-state index contributed by atoms with van der Waals surface area (Å²) in [5.41, 5.74) is 0.932. The van der Waals surface area contributed by atoms with Crippen LogP contribution in [0.25, 0.3) is 0 Å². The maximum Gasteiger partial charge on any atom is 0.224 e. The Hall–Kier alpha value is -1.55. The number of nitrogens with one attached hydrogen (secondary N) is 1. The van der Waals surface area contributed by atoms with Crippen LogP contribution in [0.15, 0.2) is 24.3 Å². The lowest BCUT2D eigenvalue weighted by Crippen LogP contribution is -2.47. The van der Waals surface area contributed by atoms with E-state index in [0.29, 0.717) is 19.3 Å². The molecule has 0 saturated heterocycles. The van der Waals surface area contributed by atoms with E-state index in [1.54, 1.807) is 7.11 Å². The van der Waals surface area contributed by atoms with Crippen LogP contribution in [0.5, 0.6) is 5.75 Å². The number of aliphatic hydroxyl groups is 1. The van der Waals surface area contributed by atoms with E-state index in [1.165, 1.54) is 0 Å². The van der Waals surface area contributed by atoms with Gasteiger partial charge in [0.2, 0.25) is 5.91 Å². The van der Waals surface area contributed by atoms with Crippen LogP contribution >= 0.6 is 0 Å². The molecule has 0 unspecified atom stereocenters. The van der Waals surface area contributed by atoms with Gasteiger partial charge in [-0.3, -0.25) is 4.79 Å². The van der Waals surface area contributed by atoms with Gasteiger partial charge in [0.05, 0.1) is 19.6 Å². The van der Waals surface area contributed by atoms with Crippen LogP contribution in [0.1, 0.15) is 18.4 Å². The molecule has 0 spiro atoms. The number of benzene rings is 1. The predicted molar refractivity (Wildman–Crippen MR) is 63.9 cm³/mol. The van der Waals surface area contributed by atoms with E-state index in [0.717, 1.165) is 11.3 Å². The van der Waals surface area contributed by atoms with E-state index in [1.807, 2.05) is 24.3 Å². The first-order chi connectivity index (χ1) is 8.17. The van der Waals surface area contributed by atoms with E-state index in [2.05, 4.69) is 5.32 Å². The number of methoxy groups -OCH3 is 1. The van der Waals surface area contributed by atoms with Crippen molar-refractivity contribution in [1.29, 1.82) is 0 Å². The summed E-state index contributed by atoms with van der Waals surface area (Å²) in [6.07, 6.45) is 1.45.